The fourth-order valence-electron chi connectivity index (χ4n) is 0.589. The SMILES string of the molecule is OCCCOc1ccsc1. The summed E-state index contributed by atoms with van der Waals surface area (Å²) in [6.45, 7) is 0.803. The second-order valence-corrected chi connectivity index (χ2v) is 2.66. The van der Waals surface area contributed by atoms with Gasteiger partial charge in [0.1, 0.15) is 5.75 Å². The van der Waals surface area contributed by atoms with Crippen molar-refractivity contribution in [2.75, 3.05) is 13.2 Å². The van der Waals surface area contributed by atoms with Crippen LogP contribution in [0.2, 0.25) is 0 Å². The lowest BCUT2D eigenvalue weighted by atomic mass is 10.5. The van der Waals surface area contributed by atoms with Gasteiger partial charge in [0.2, 0.25) is 0 Å². The number of rotatable bonds is 4. The van der Waals surface area contributed by atoms with Gasteiger partial charge in [-0.15, -0.1) is 11.3 Å². The van der Waals surface area contributed by atoms with Crippen molar-refractivity contribution in [3.05, 3.63) is 16.8 Å². The van der Waals surface area contributed by atoms with Gasteiger partial charge in [-0.2, -0.15) is 0 Å². The monoisotopic (exact) mass is 158 g/mol. The molecular weight excluding hydrogens is 148 g/mol. The Bertz CT molecular complexity index is 160. The fourth-order valence-corrected chi connectivity index (χ4v) is 1.16. The molecule has 1 rings (SSSR count). The molecule has 1 heterocycles. The third-order valence-corrected chi connectivity index (χ3v) is 1.73. The summed E-state index contributed by atoms with van der Waals surface area (Å²) in [6.07, 6.45) is 0.704. The van der Waals surface area contributed by atoms with Crippen LogP contribution in [0.15, 0.2) is 16.8 Å². The van der Waals surface area contributed by atoms with Crippen molar-refractivity contribution < 1.29 is 9.84 Å². The van der Waals surface area contributed by atoms with Gasteiger partial charge in [0, 0.05) is 18.4 Å². The van der Waals surface area contributed by atoms with Gasteiger partial charge in [0.25, 0.3) is 0 Å². The lowest BCUT2D eigenvalue weighted by molar-refractivity contribution is 0.234. The molecule has 0 aliphatic carbocycles. The highest BCUT2D eigenvalue weighted by Crippen LogP contribution is 2.14. The Labute approximate surface area is 64.1 Å². The van der Waals surface area contributed by atoms with E-state index in [4.69, 9.17) is 9.84 Å². The van der Waals surface area contributed by atoms with Crippen molar-refractivity contribution in [3.8, 4) is 5.75 Å². The van der Waals surface area contributed by atoms with Crippen LogP contribution in [0.1, 0.15) is 6.42 Å². The Morgan fingerprint density at radius 3 is 3.10 bits per heavy atom. The molecule has 1 aromatic heterocycles. The fraction of sp³-hybridized carbons (Fsp3) is 0.429. The summed E-state index contributed by atoms with van der Waals surface area (Å²) >= 11 is 1.61. The Hall–Kier alpha value is -0.540. The second kappa shape index (κ2) is 4.30. The van der Waals surface area contributed by atoms with Gasteiger partial charge in [-0.1, -0.05) is 0 Å². The zero-order chi connectivity index (χ0) is 7.23. The standard InChI is InChI=1S/C7H10O2S/c8-3-1-4-9-7-2-5-10-6-7/h2,5-6,8H,1,3-4H2. The highest BCUT2D eigenvalue weighted by Gasteiger charge is 1.90. The first kappa shape index (κ1) is 7.57. The van der Waals surface area contributed by atoms with Crippen molar-refractivity contribution in [1.82, 2.24) is 0 Å². The maximum atomic E-state index is 8.42. The third kappa shape index (κ3) is 2.37. The van der Waals surface area contributed by atoms with E-state index >= 15 is 0 Å². The summed E-state index contributed by atoms with van der Waals surface area (Å²) in [5, 5.41) is 12.3. The molecule has 0 aliphatic rings. The normalized spacial score (nSPS) is 9.70. The Morgan fingerprint density at radius 2 is 2.50 bits per heavy atom. The molecule has 1 aromatic rings. The van der Waals surface area contributed by atoms with E-state index in [0.717, 1.165) is 5.75 Å². The highest BCUT2D eigenvalue weighted by molar-refractivity contribution is 7.08. The molecule has 0 saturated carbocycles. The minimum atomic E-state index is 0.199. The van der Waals surface area contributed by atoms with Crippen molar-refractivity contribution in [3.63, 3.8) is 0 Å². The van der Waals surface area contributed by atoms with Gasteiger partial charge < -0.3 is 9.84 Å². The summed E-state index contributed by atoms with van der Waals surface area (Å²) in [6, 6.07) is 1.92. The molecule has 0 saturated heterocycles. The molecule has 0 radical (unpaired) electrons. The number of ether oxygens (including phenoxy) is 1. The van der Waals surface area contributed by atoms with Crippen LogP contribution in [-0.2, 0) is 0 Å². The van der Waals surface area contributed by atoms with Crippen LogP contribution in [0.3, 0.4) is 0 Å². The first-order chi connectivity index (χ1) is 4.93. The van der Waals surface area contributed by atoms with Crippen LogP contribution in [0.25, 0.3) is 0 Å². The average molecular weight is 158 g/mol. The van der Waals surface area contributed by atoms with Crippen molar-refractivity contribution >= 4 is 11.3 Å². The largest absolute Gasteiger partial charge is 0.493 e. The van der Waals surface area contributed by atoms with Gasteiger partial charge in [-0.05, 0) is 11.4 Å². The van der Waals surface area contributed by atoms with E-state index < -0.39 is 0 Å². The zero-order valence-electron chi connectivity index (χ0n) is 5.62. The summed E-state index contributed by atoms with van der Waals surface area (Å²) in [5.41, 5.74) is 0. The third-order valence-electron chi connectivity index (χ3n) is 1.07. The Morgan fingerprint density at radius 1 is 1.60 bits per heavy atom. The lowest BCUT2D eigenvalue weighted by Crippen LogP contribution is -1.98. The first-order valence-corrected chi connectivity index (χ1v) is 4.13. The molecule has 0 unspecified atom stereocenters. The predicted octanol–water partition coefficient (Wildman–Crippen LogP) is 1.51. The van der Waals surface area contributed by atoms with Crippen LogP contribution in [0, 0.1) is 0 Å². The quantitative estimate of drug-likeness (QED) is 0.673. The number of aliphatic hydroxyl groups excluding tert-OH is 1. The minimum Gasteiger partial charge on any atom is -0.493 e. The smallest absolute Gasteiger partial charge is 0.129 e. The molecule has 56 valence electrons. The summed E-state index contributed by atoms with van der Waals surface area (Å²) < 4.78 is 5.24. The lowest BCUT2D eigenvalue weighted by Gasteiger charge is -1.99. The first-order valence-electron chi connectivity index (χ1n) is 3.19. The Kier molecular flexibility index (Phi) is 3.26. The van der Waals surface area contributed by atoms with E-state index in [1.54, 1.807) is 11.3 Å². The molecule has 0 bridgehead atoms. The number of hydrogen-bond donors (Lipinski definition) is 1. The molecule has 10 heavy (non-hydrogen) atoms. The highest BCUT2D eigenvalue weighted by atomic mass is 32.1. The van der Waals surface area contributed by atoms with Crippen LogP contribution in [0.4, 0.5) is 0 Å². The molecule has 0 aromatic carbocycles. The van der Waals surface area contributed by atoms with E-state index in [2.05, 4.69) is 0 Å². The van der Waals surface area contributed by atoms with Gasteiger partial charge in [0.15, 0.2) is 0 Å². The van der Waals surface area contributed by atoms with Crippen molar-refractivity contribution in [1.29, 1.82) is 0 Å². The Balaban J connectivity index is 2.15. The van der Waals surface area contributed by atoms with Crippen LogP contribution >= 0.6 is 11.3 Å². The molecule has 0 spiro atoms. The average Bonchev–Trinajstić information content (AvgIpc) is 2.41. The van der Waals surface area contributed by atoms with Crippen LogP contribution in [-0.4, -0.2) is 18.3 Å². The van der Waals surface area contributed by atoms with E-state index in [1.165, 1.54) is 0 Å². The number of aliphatic hydroxyl groups is 1. The van der Waals surface area contributed by atoms with Gasteiger partial charge in [0.05, 0.1) is 6.61 Å². The molecule has 0 atom stereocenters. The molecule has 1 N–H and O–H groups in total. The topological polar surface area (TPSA) is 29.5 Å². The molecule has 2 nitrogen and oxygen atoms in total. The van der Waals surface area contributed by atoms with E-state index in [0.29, 0.717) is 13.0 Å². The van der Waals surface area contributed by atoms with Crippen LogP contribution < -0.4 is 4.74 Å². The van der Waals surface area contributed by atoms with E-state index in [9.17, 15) is 0 Å². The van der Waals surface area contributed by atoms with Crippen molar-refractivity contribution in [2.24, 2.45) is 0 Å². The van der Waals surface area contributed by atoms with Gasteiger partial charge in [-0.25, -0.2) is 0 Å². The maximum Gasteiger partial charge on any atom is 0.129 e. The van der Waals surface area contributed by atoms with Gasteiger partial charge >= 0.3 is 0 Å². The summed E-state index contributed by atoms with van der Waals surface area (Å²) in [4.78, 5) is 0. The molecule has 0 aliphatic heterocycles. The van der Waals surface area contributed by atoms with E-state index in [-0.39, 0.29) is 6.61 Å². The van der Waals surface area contributed by atoms with Crippen molar-refractivity contribution in [2.45, 2.75) is 6.42 Å². The van der Waals surface area contributed by atoms with Gasteiger partial charge in [-0.3, -0.25) is 0 Å². The number of hydrogen-bond acceptors (Lipinski definition) is 3. The van der Waals surface area contributed by atoms with E-state index in [1.807, 2.05) is 16.8 Å². The summed E-state index contributed by atoms with van der Waals surface area (Å²) in [7, 11) is 0. The predicted molar refractivity (Wildman–Crippen MR) is 41.5 cm³/mol. The number of thiophene rings is 1. The minimum absolute atomic E-state index is 0.199. The summed E-state index contributed by atoms with van der Waals surface area (Å²) in [5.74, 6) is 0.901. The maximum absolute atomic E-state index is 8.42. The molecule has 3 heteroatoms. The molecular formula is C7H10O2S. The zero-order valence-corrected chi connectivity index (χ0v) is 6.43. The second-order valence-electron chi connectivity index (χ2n) is 1.88. The molecule has 0 amide bonds. The van der Waals surface area contributed by atoms with Crippen LogP contribution in [0.5, 0.6) is 5.75 Å². The molecule has 0 fully saturated rings.